The maximum atomic E-state index is 12.2. The molecule has 0 bridgehead atoms. The van der Waals surface area contributed by atoms with Crippen LogP contribution >= 0.6 is 0 Å². The molecule has 0 fully saturated rings. The minimum Gasteiger partial charge on any atom is -0.272 e. The largest absolute Gasteiger partial charge is 0.435 e. The summed E-state index contributed by atoms with van der Waals surface area (Å²) in [5, 5.41) is 3.49. The third kappa shape index (κ3) is 4.24. The summed E-state index contributed by atoms with van der Waals surface area (Å²) in [6.07, 6.45) is -1.16. The first kappa shape index (κ1) is 13.1. The average Bonchev–Trinajstić information content (AvgIpc) is 2.49. The number of nitrogens with zero attached hydrogens (tertiary/aromatic N) is 2. The number of aromatic nitrogens is 2. The second-order valence-corrected chi connectivity index (χ2v) is 5.13. The van der Waals surface area contributed by atoms with Gasteiger partial charge in [-0.1, -0.05) is 20.8 Å². The van der Waals surface area contributed by atoms with Gasteiger partial charge in [-0.3, -0.25) is 4.68 Å². The van der Waals surface area contributed by atoms with Crippen LogP contribution in [-0.2, 0) is 12.7 Å². The molecule has 0 saturated carbocycles. The Balaban J connectivity index is 2.48. The van der Waals surface area contributed by atoms with Crippen molar-refractivity contribution < 1.29 is 13.2 Å². The van der Waals surface area contributed by atoms with Gasteiger partial charge in [-0.15, -0.1) is 0 Å². The molecule has 0 radical (unpaired) electrons. The van der Waals surface area contributed by atoms with Gasteiger partial charge in [0.1, 0.15) is 0 Å². The first-order valence-corrected chi connectivity index (χ1v) is 5.29. The summed E-state index contributed by atoms with van der Waals surface area (Å²) >= 11 is 0. The van der Waals surface area contributed by atoms with E-state index in [0.717, 1.165) is 18.9 Å². The number of aryl methyl sites for hydroxylation is 1. The molecule has 16 heavy (non-hydrogen) atoms. The van der Waals surface area contributed by atoms with Crippen LogP contribution in [0.15, 0.2) is 12.3 Å². The van der Waals surface area contributed by atoms with E-state index in [1.165, 1.54) is 10.9 Å². The Morgan fingerprint density at radius 2 is 1.88 bits per heavy atom. The van der Waals surface area contributed by atoms with Crippen LogP contribution in [0, 0.1) is 5.41 Å². The van der Waals surface area contributed by atoms with Gasteiger partial charge in [0.2, 0.25) is 0 Å². The molecule has 1 heterocycles. The van der Waals surface area contributed by atoms with E-state index in [-0.39, 0.29) is 5.41 Å². The van der Waals surface area contributed by atoms with Gasteiger partial charge < -0.3 is 0 Å². The number of halogens is 3. The van der Waals surface area contributed by atoms with Gasteiger partial charge >= 0.3 is 6.18 Å². The molecule has 0 aliphatic rings. The van der Waals surface area contributed by atoms with Crippen LogP contribution in [0.3, 0.4) is 0 Å². The highest BCUT2D eigenvalue weighted by atomic mass is 19.4. The Hall–Kier alpha value is -1.00. The summed E-state index contributed by atoms with van der Waals surface area (Å²) in [6, 6.07) is 1.01. The molecule has 2 nitrogen and oxygen atoms in total. The van der Waals surface area contributed by atoms with Crippen LogP contribution in [0.5, 0.6) is 0 Å². The van der Waals surface area contributed by atoms with E-state index >= 15 is 0 Å². The van der Waals surface area contributed by atoms with Crippen molar-refractivity contribution in [3.05, 3.63) is 18.0 Å². The Kier molecular flexibility index (Phi) is 3.65. The summed E-state index contributed by atoms with van der Waals surface area (Å²) < 4.78 is 38.1. The standard InChI is InChI=1S/C11H17F3N2/c1-10(2,3)6-4-7-16-8-5-9(15-16)11(12,13)14/h5,8H,4,6-7H2,1-3H3. The van der Waals surface area contributed by atoms with Crippen LogP contribution < -0.4 is 0 Å². The highest BCUT2D eigenvalue weighted by Crippen LogP contribution is 2.27. The fourth-order valence-electron chi connectivity index (χ4n) is 1.41. The molecule has 0 N–H and O–H groups in total. The number of alkyl halides is 3. The molecule has 5 heteroatoms. The zero-order valence-electron chi connectivity index (χ0n) is 9.80. The van der Waals surface area contributed by atoms with Crippen molar-refractivity contribution in [1.82, 2.24) is 9.78 Å². The topological polar surface area (TPSA) is 17.8 Å². The fourth-order valence-corrected chi connectivity index (χ4v) is 1.41. The molecule has 0 saturated heterocycles. The fraction of sp³-hybridized carbons (Fsp3) is 0.727. The van der Waals surface area contributed by atoms with E-state index < -0.39 is 11.9 Å². The molecular formula is C11H17F3N2. The third-order valence-corrected chi connectivity index (χ3v) is 2.25. The lowest BCUT2D eigenvalue weighted by molar-refractivity contribution is -0.141. The van der Waals surface area contributed by atoms with Crippen LogP contribution in [0.2, 0.25) is 0 Å². The summed E-state index contributed by atoms with van der Waals surface area (Å²) in [7, 11) is 0. The molecule has 0 atom stereocenters. The normalized spacial score (nSPS) is 13.1. The molecule has 0 unspecified atom stereocenters. The molecule has 0 aromatic carbocycles. The summed E-state index contributed by atoms with van der Waals surface area (Å²) in [4.78, 5) is 0. The van der Waals surface area contributed by atoms with Crippen molar-refractivity contribution in [2.24, 2.45) is 5.41 Å². The molecule has 1 aromatic rings. The lowest BCUT2D eigenvalue weighted by atomic mass is 9.91. The smallest absolute Gasteiger partial charge is 0.272 e. The molecule has 0 spiro atoms. The Morgan fingerprint density at radius 1 is 1.25 bits per heavy atom. The van der Waals surface area contributed by atoms with Crippen molar-refractivity contribution in [1.29, 1.82) is 0 Å². The molecule has 0 amide bonds. The van der Waals surface area contributed by atoms with Crippen molar-refractivity contribution in [3.8, 4) is 0 Å². The average molecular weight is 234 g/mol. The number of rotatable bonds is 3. The molecular weight excluding hydrogens is 217 g/mol. The van der Waals surface area contributed by atoms with E-state index in [9.17, 15) is 13.2 Å². The second-order valence-electron chi connectivity index (χ2n) is 5.13. The maximum Gasteiger partial charge on any atom is 0.435 e. The number of hydrogen-bond acceptors (Lipinski definition) is 1. The van der Waals surface area contributed by atoms with E-state index in [1.807, 2.05) is 0 Å². The van der Waals surface area contributed by atoms with Crippen molar-refractivity contribution >= 4 is 0 Å². The van der Waals surface area contributed by atoms with Gasteiger partial charge in [0.05, 0.1) is 0 Å². The summed E-state index contributed by atoms with van der Waals surface area (Å²) in [6.45, 7) is 6.86. The Morgan fingerprint density at radius 3 is 2.31 bits per heavy atom. The van der Waals surface area contributed by atoms with Crippen LogP contribution in [-0.4, -0.2) is 9.78 Å². The van der Waals surface area contributed by atoms with Gasteiger partial charge in [-0.2, -0.15) is 18.3 Å². The first-order valence-electron chi connectivity index (χ1n) is 5.29. The van der Waals surface area contributed by atoms with Crippen molar-refractivity contribution in [2.45, 2.75) is 46.3 Å². The lowest BCUT2D eigenvalue weighted by Crippen LogP contribution is -2.10. The predicted octanol–water partition coefficient (Wildman–Crippen LogP) is 3.73. The van der Waals surface area contributed by atoms with E-state index in [0.29, 0.717) is 6.54 Å². The van der Waals surface area contributed by atoms with Crippen molar-refractivity contribution in [3.63, 3.8) is 0 Å². The zero-order valence-corrected chi connectivity index (χ0v) is 9.80. The van der Waals surface area contributed by atoms with Crippen LogP contribution in [0.1, 0.15) is 39.3 Å². The minimum atomic E-state index is -4.34. The van der Waals surface area contributed by atoms with Gasteiger partial charge in [-0.05, 0) is 24.3 Å². The maximum absolute atomic E-state index is 12.2. The van der Waals surface area contributed by atoms with Gasteiger partial charge in [0.25, 0.3) is 0 Å². The third-order valence-electron chi connectivity index (χ3n) is 2.25. The monoisotopic (exact) mass is 234 g/mol. The highest BCUT2D eigenvalue weighted by molar-refractivity contribution is 5.03. The van der Waals surface area contributed by atoms with Crippen LogP contribution in [0.4, 0.5) is 13.2 Å². The predicted molar refractivity (Wildman–Crippen MR) is 55.9 cm³/mol. The van der Waals surface area contributed by atoms with E-state index in [4.69, 9.17) is 0 Å². The summed E-state index contributed by atoms with van der Waals surface area (Å²) in [5.41, 5.74) is -0.608. The molecule has 0 aliphatic carbocycles. The molecule has 1 aromatic heterocycles. The SMILES string of the molecule is CC(C)(C)CCCn1ccc(C(F)(F)F)n1. The van der Waals surface area contributed by atoms with Gasteiger partial charge in [0, 0.05) is 12.7 Å². The highest BCUT2D eigenvalue weighted by Gasteiger charge is 2.33. The van der Waals surface area contributed by atoms with E-state index in [2.05, 4.69) is 25.9 Å². The quantitative estimate of drug-likeness (QED) is 0.779. The lowest BCUT2D eigenvalue weighted by Gasteiger charge is -2.17. The molecule has 92 valence electrons. The Labute approximate surface area is 93.5 Å². The minimum absolute atomic E-state index is 0.208. The van der Waals surface area contributed by atoms with Gasteiger partial charge in [-0.25, -0.2) is 0 Å². The first-order chi connectivity index (χ1) is 7.18. The number of hydrogen-bond donors (Lipinski definition) is 0. The molecule has 0 aliphatic heterocycles. The second kappa shape index (κ2) is 4.47. The Bertz CT molecular complexity index is 334. The van der Waals surface area contributed by atoms with Crippen LogP contribution in [0.25, 0.3) is 0 Å². The van der Waals surface area contributed by atoms with E-state index in [1.54, 1.807) is 0 Å². The van der Waals surface area contributed by atoms with Gasteiger partial charge in [0.15, 0.2) is 5.69 Å². The molecule has 1 rings (SSSR count). The van der Waals surface area contributed by atoms with Crippen molar-refractivity contribution in [2.75, 3.05) is 0 Å². The zero-order chi connectivity index (χ0) is 12.4. The summed E-state index contributed by atoms with van der Waals surface area (Å²) in [5.74, 6) is 0.